The quantitative estimate of drug-likeness (QED) is 0.722. The van der Waals surface area contributed by atoms with Gasteiger partial charge in [0.05, 0.1) is 5.01 Å². The van der Waals surface area contributed by atoms with Gasteiger partial charge in [0.25, 0.3) is 5.91 Å². The molecule has 0 aliphatic carbocycles. The van der Waals surface area contributed by atoms with Crippen LogP contribution in [-0.2, 0) is 17.8 Å². The largest absolute Gasteiger partial charge is 0.476 e. The Morgan fingerprint density at radius 1 is 1.22 bits per heavy atom. The summed E-state index contributed by atoms with van der Waals surface area (Å²) in [6.07, 6.45) is 0.476. The molecule has 2 amide bonds. The summed E-state index contributed by atoms with van der Waals surface area (Å²) < 4.78 is 0. The second kappa shape index (κ2) is 9.27. The molecule has 0 radical (unpaired) electrons. The number of aromatic carboxylic acids is 1. The zero-order valence-corrected chi connectivity index (χ0v) is 16.4. The first-order valence-corrected chi connectivity index (χ1v) is 9.45. The van der Waals surface area contributed by atoms with Gasteiger partial charge in [0, 0.05) is 43.4 Å². The molecule has 0 unspecified atom stereocenters. The van der Waals surface area contributed by atoms with Crippen molar-refractivity contribution in [2.75, 3.05) is 13.6 Å². The summed E-state index contributed by atoms with van der Waals surface area (Å²) in [5.74, 6) is -1.24. The SMILES string of the molecule is CC(C)C(=O)N(C)Cc1ccc(C(=O)NCCc2nc(C(=O)O)cs2)cc1. The van der Waals surface area contributed by atoms with E-state index >= 15 is 0 Å². The van der Waals surface area contributed by atoms with Crippen molar-refractivity contribution < 1.29 is 19.5 Å². The normalized spacial score (nSPS) is 10.7. The van der Waals surface area contributed by atoms with Gasteiger partial charge in [-0.3, -0.25) is 9.59 Å². The molecule has 8 heteroatoms. The molecule has 2 aromatic rings. The second-order valence-electron chi connectivity index (χ2n) is 6.48. The lowest BCUT2D eigenvalue weighted by atomic mass is 10.1. The van der Waals surface area contributed by atoms with Gasteiger partial charge in [0.1, 0.15) is 0 Å². The van der Waals surface area contributed by atoms with E-state index in [2.05, 4.69) is 10.3 Å². The number of carboxylic acid groups (broad SMARTS) is 1. The number of carbonyl (C=O) groups is 3. The van der Waals surface area contributed by atoms with E-state index in [0.717, 1.165) is 5.56 Å². The van der Waals surface area contributed by atoms with E-state index in [1.165, 1.54) is 16.7 Å². The van der Waals surface area contributed by atoms with E-state index in [0.29, 0.717) is 30.1 Å². The Kier molecular flexibility index (Phi) is 7.06. The third kappa shape index (κ3) is 5.89. The molecule has 27 heavy (non-hydrogen) atoms. The third-order valence-electron chi connectivity index (χ3n) is 3.90. The van der Waals surface area contributed by atoms with Crippen LogP contribution in [0.15, 0.2) is 29.6 Å². The van der Waals surface area contributed by atoms with Crippen LogP contribution in [0.25, 0.3) is 0 Å². The van der Waals surface area contributed by atoms with Gasteiger partial charge in [-0.25, -0.2) is 9.78 Å². The Balaban J connectivity index is 1.84. The van der Waals surface area contributed by atoms with Gasteiger partial charge in [0.2, 0.25) is 5.91 Å². The Labute approximate surface area is 162 Å². The van der Waals surface area contributed by atoms with Crippen molar-refractivity contribution in [1.82, 2.24) is 15.2 Å². The maximum Gasteiger partial charge on any atom is 0.355 e. The molecular formula is C19H23N3O4S. The van der Waals surface area contributed by atoms with Gasteiger partial charge in [0.15, 0.2) is 5.69 Å². The zero-order valence-electron chi connectivity index (χ0n) is 15.6. The first kappa shape index (κ1) is 20.6. The molecule has 0 aliphatic rings. The first-order chi connectivity index (χ1) is 12.8. The molecule has 1 heterocycles. The third-order valence-corrected chi connectivity index (χ3v) is 4.81. The van der Waals surface area contributed by atoms with Crippen molar-refractivity contribution in [2.45, 2.75) is 26.8 Å². The van der Waals surface area contributed by atoms with Crippen molar-refractivity contribution in [1.29, 1.82) is 0 Å². The van der Waals surface area contributed by atoms with Crippen LogP contribution in [-0.4, -0.2) is 46.4 Å². The zero-order chi connectivity index (χ0) is 20.0. The summed E-state index contributed by atoms with van der Waals surface area (Å²) in [5.41, 5.74) is 1.51. The van der Waals surface area contributed by atoms with Gasteiger partial charge in [-0.2, -0.15) is 0 Å². The van der Waals surface area contributed by atoms with Crippen LogP contribution in [0.3, 0.4) is 0 Å². The molecule has 0 bridgehead atoms. The fourth-order valence-corrected chi connectivity index (χ4v) is 3.24. The van der Waals surface area contributed by atoms with E-state index in [4.69, 9.17) is 5.11 Å². The van der Waals surface area contributed by atoms with Crippen molar-refractivity contribution in [3.05, 3.63) is 51.5 Å². The van der Waals surface area contributed by atoms with E-state index in [1.54, 1.807) is 24.1 Å². The Morgan fingerprint density at radius 2 is 1.89 bits per heavy atom. The van der Waals surface area contributed by atoms with Crippen molar-refractivity contribution in [3.8, 4) is 0 Å². The first-order valence-electron chi connectivity index (χ1n) is 8.57. The highest BCUT2D eigenvalue weighted by molar-refractivity contribution is 7.09. The van der Waals surface area contributed by atoms with Crippen molar-refractivity contribution >= 4 is 29.1 Å². The molecule has 1 aromatic heterocycles. The topological polar surface area (TPSA) is 99.6 Å². The van der Waals surface area contributed by atoms with Crippen molar-refractivity contribution in [3.63, 3.8) is 0 Å². The molecule has 0 saturated heterocycles. The average Bonchev–Trinajstić information content (AvgIpc) is 3.10. The maximum atomic E-state index is 12.2. The van der Waals surface area contributed by atoms with Gasteiger partial charge < -0.3 is 15.3 Å². The van der Waals surface area contributed by atoms with E-state index < -0.39 is 5.97 Å². The van der Waals surface area contributed by atoms with Crippen molar-refractivity contribution in [2.24, 2.45) is 5.92 Å². The fourth-order valence-electron chi connectivity index (χ4n) is 2.46. The number of thiazole rings is 1. The molecule has 0 fully saturated rings. The van der Waals surface area contributed by atoms with Crippen LogP contribution in [0.5, 0.6) is 0 Å². The number of amides is 2. The molecule has 2 rings (SSSR count). The highest BCUT2D eigenvalue weighted by Gasteiger charge is 2.13. The monoisotopic (exact) mass is 389 g/mol. The highest BCUT2D eigenvalue weighted by Crippen LogP contribution is 2.11. The molecular weight excluding hydrogens is 366 g/mol. The van der Waals surface area contributed by atoms with Crippen LogP contribution in [0.1, 0.15) is 45.3 Å². The van der Waals surface area contributed by atoms with Gasteiger partial charge in [-0.05, 0) is 17.7 Å². The molecule has 1 aromatic carbocycles. The van der Waals surface area contributed by atoms with E-state index in [-0.39, 0.29) is 23.4 Å². The van der Waals surface area contributed by atoms with Crippen LogP contribution >= 0.6 is 11.3 Å². The van der Waals surface area contributed by atoms with Gasteiger partial charge >= 0.3 is 5.97 Å². The number of hydrogen-bond acceptors (Lipinski definition) is 5. The molecule has 144 valence electrons. The molecule has 0 atom stereocenters. The fraction of sp³-hybridized carbons (Fsp3) is 0.368. The summed E-state index contributed by atoms with van der Waals surface area (Å²) in [5, 5.41) is 13.8. The minimum atomic E-state index is -1.05. The lowest BCUT2D eigenvalue weighted by Crippen LogP contribution is -2.30. The summed E-state index contributed by atoms with van der Waals surface area (Å²) in [6.45, 7) is 4.59. The standard InChI is InChI=1S/C19H23N3O4S/c1-12(2)18(24)22(3)10-13-4-6-14(7-5-13)17(23)20-9-8-16-21-15(11-27-16)19(25)26/h4-7,11-12H,8-10H2,1-3H3,(H,20,23)(H,25,26). The number of carboxylic acids is 1. The number of aromatic nitrogens is 1. The van der Waals surface area contributed by atoms with Crippen LogP contribution < -0.4 is 5.32 Å². The smallest absolute Gasteiger partial charge is 0.355 e. The molecule has 0 saturated carbocycles. The number of benzene rings is 1. The number of carbonyl (C=O) groups excluding carboxylic acids is 2. The summed E-state index contributed by atoms with van der Waals surface area (Å²) >= 11 is 1.26. The summed E-state index contributed by atoms with van der Waals surface area (Å²) in [6, 6.07) is 7.12. The Morgan fingerprint density at radius 3 is 2.44 bits per heavy atom. The lowest BCUT2D eigenvalue weighted by molar-refractivity contribution is -0.133. The summed E-state index contributed by atoms with van der Waals surface area (Å²) in [7, 11) is 1.76. The molecule has 0 aliphatic heterocycles. The van der Waals surface area contributed by atoms with Gasteiger partial charge in [-0.15, -0.1) is 11.3 Å². The lowest BCUT2D eigenvalue weighted by Gasteiger charge is -2.19. The van der Waals surface area contributed by atoms with E-state index in [1.807, 2.05) is 26.0 Å². The number of rotatable bonds is 8. The average molecular weight is 389 g/mol. The number of nitrogens with zero attached hydrogens (tertiary/aromatic N) is 2. The predicted molar refractivity (Wildman–Crippen MR) is 103 cm³/mol. The number of nitrogens with one attached hydrogen (secondary N) is 1. The molecule has 7 nitrogen and oxygen atoms in total. The second-order valence-corrected chi connectivity index (χ2v) is 7.43. The Hall–Kier alpha value is -2.74. The number of hydrogen-bond donors (Lipinski definition) is 2. The van der Waals surface area contributed by atoms with E-state index in [9.17, 15) is 14.4 Å². The van der Waals surface area contributed by atoms with Gasteiger partial charge in [-0.1, -0.05) is 26.0 Å². The minimum absolute atomic E-state index is 0.0258. The van der Waals surface area contributed by atoms with Crippen LogP contribution in [0, 0.1) is 5.92 Å². The Bertz CT molecular complexity index is 815. The highest BCUT2D eigenvalue weighted by atomic mass is 32.1. The maximum absolute atomic E-state index is 12.2. The predicted octanol–water partition coefficient (Wildman–Crippen LogP) is 2.43. The summed E-state index contributed by atoms with van der Waals surface area (Å²) in [4.78, 5) is 40.6. The minimum Gasteiger partial charge on any atom is -0.476 e. The molecule has 0 spiro atoms. The molecule has 2 N–H and O–H groups in total. The van der Waals surface area contributed by atoms with Crippen LogP contribution in [0.4, 0.5) is 0 Å². The van der Waals surface area contributed by atoms with Crippen LogP contribution in [0.2, 0.25) is 0 Å².